The molecule has 150 valence electrons. The van der Waals surface area contributed by atoms with Crippen molar-refractivity contribution in [1.82, 2.24) is 0 Å². The van der Waals surface area contributed by atoms with Crippen LogP contribution in [0.2, 0.25) is 0 Å². The van der Waals surface area contributed by atoms with E-state index in [-0.39, 0.29) is 11.1 Å². The molecule has 0 aromatic heterocycles. The first kappa shape index (κ1) is 20.4. The number of alkyl halides is 1. The number of rotatable bonds is 7. The second-order valence-electron chi connectivity index (χ2n) is 7.35. The fourth-order valence-corrected chi connectivity index (χ4v) is 4.07. The fourth-order valence-electron chi connectivity index (χ4n) is 4.07. The summed E-state index contributed by atoms with van der Waals surface area (Å²) in [6, 6.07) is 6.76. The number of allylic oxidation sites excluding steroid dienone is 1. The Hall–Kier alpha value is -2.30. The number of ether oxygens (including phenoxy) is 1. The minimum absolute atomic E-state index is 0.0541. The highest BCUT2D eigenvalue weighted by Gasteiger charge is 2.23. The first-order valence-electron chi connectivity index (χ1n) is 9.62. The van der Waals surface area contributed by atoms with E-state index >= 15 is 0 Å². The average Bonchev–Trinajstić information content (AvgIpc) is 2.69. The van der Waals surface area contributed by atoms with E-state index in [0.29, 0.717) is 11.8 Å². The zero-order valence-corrected chi connectivity index (χ0v) is 15.7. The molecule has 28 heavy (non-hydrogen) atoms. The van der Waals surface area contributed by atoms with Crippen molar-refractivity contribution in [2.24, 2.45) is 5.92 Å². The third-order valence-corrected chi connectivity index (χ3v) is 5.60. The zero-order valence-electron chi connectivity index (χ0n) is 15.7. The van der Waals surface area contributed by atoms with Gasteiger partial charge in [-0.25, -0.2) is 17.6 Å². The Morgan fingerprint density at radius 3 is 2.21 bits per heavy atom. The van der Waals surface area contributed by atoms with Crippen LogP contribution in [-0.4, -0.2) is 6.86 Å². The quantitative estimate of drug-likeness (QED) is 0.354. The maximum atomic E-state index is 14.7. The highest BCUT2D eigenvalue weighted by Crippen LogP contribution is 2.39. The molecule has 0 amide bonds. The maximum absolute atomic E-state index is 14.7. The van der Waals surface area contributed by atoms with Crippen LogP contribution < -0.4 is 4.74 Å². The van der Waals surface area contributed by atoms with Crippen molar-refractivity contribution in [3.63, 3.8) is 0 Å². The van der Waals surface area contributed by atoms with Gasteiger partial charge in [-0.05, 0) is 79.7 Å². The predicted octanol–water partition coefficient (Wildman–Crippen LogP) is 7.32. The monoisotopic (exact) mass is 392 g/mol. The van der Waals surface area contributed by atoms with Crippen LogP contribution in [0.15, 0.2) is 43.0 Å². The SMILES string of the molecule is C=CCCC1CCC(c2ccc(-c3cc(F)c(OCF)c(F)c3)c(F)c2)CC1. The molecule has 2 aromatic rings. The van der Waals surface area contributed by atoms with Crippen LogP contribution in [-0.2, 0) is 0 Å². The van der Waals surface area contributed by atoms with Crippen molar-refractivity contribution in [2.45, 2.75) is 44.4 Å². The van der Waals surface area contributed by atoms with Gasteiger partial charge in [0.1, 0.15) is 5.82 Å². The molecule has 0 bridgehead atoms. The van der Waals surface area contributed by atoms with E-state index < -0.39 is 30.1 Å². The van der Waals surface area contributed by atoms with E-state index in [4.69, 9.17) is 0 Å². The fraction of sp³-hybridized carbons (Fsp3) is 0.391. The Kier molecular flexibility index (Phi) is 6.76. The van der Waals surface area contributed by atoms with Crippen molar-refractivity contribution >= 4 is 0 Å². The molecule has 0 saturated heterocycles. The first-order chi connectivity index (χ1) is 13.5. The summed E-state index contributed by atoms with van der Waals surface area (Å²) in [6.07, 6.45) is 8.40. The Labute approximate surface area is 163 Å². The summed E-state index contributed by atoms with van der Waals surface area (Å²) in [4.78, 5) is 0. The van der Waals surface area contributed by atoms with Gasteiger partial charge in [0, 0.05) is 5.56 Å². The molecule has 5 heteroatoms. The smallest absolute Gasteiger partial charge is 0.228 e. The second kappa shape index (κ2) is 9.26. The molecule has 0 N–H and O–H groups in total. The van der Waals surface area contributed by atoms with Crippen molar-refractivity contribution in [3.8, 4) is 16.9 Å². The summed E-state index contributed by atoms with van der Waals surface area (Å²) in [7, 11) is 0. The molecule has 0 radical (unpaired) electrons. The molecular formula is C23H24F4O. The molecule has 0 heterocycles. The topological polar surface area (TPSA) is 9.23 Å². The lowest BCUT2D eigenvalue weighted by atomic mass is 9.77. The van der Waals surface area contributed by atoms with E-state index in [1.807, 2.05) is 12.1 Å². The summed E-state index contributed by atoms with van der Waals surface area (Å²) in [5.74, 6) is -2.43. The van der Waals surface area contributed by atoms with Gasteiger partial charge >= 0.3 is 0 Å². The predicted molar refractivity (Wildman–Crippen MR) is 102 cm³/mol. The maximum Gasteiger partial charge on any atom is 0.228 e. The Bertz CT molecular complexity index is 802. The van der Waals surface area contributed by atoms with E-state index in [1.54, 1.807) is 6.07 Å². The minimum atomic E-state index is -1.34. The summed E-state index contributed by atoms with van der Waals surface area (Å²) in [6.45, 7) is 2.42. The van der Waals surface area contributed by atoms with Crippen molar-refractivity contribution in [1.29, 1.82) is 0 Å². The third kappa shape index (κ3) is 4.57. The molecule has 2 aromatic carbocycles. The lowest BCUT2D eigenvalue weighted by Crippen LogP contribution is -2.13. The summed E-state index contributed by atoms with van der Waals surface area (Å²) < 4.78 is 59.1. The number of halogens is 4. The standard InChI is InChI=1S/C23H24F4O/c1-2-3-4-15-5-7-16(8-6-15)17-9-10-19(20(25)11-17)18-12-21(26)23(28-14-24)22(27)13-18/h2,9-13,15-16H,1,3-8,14H2. The van der Waals surface area contributed by atoms with Gasteiger partial charge in [0.25, 0.3) is 0 Å². The normalized spacial score (nSPS) is 19.4. The van der Waals surface area contributed by atoms with E-state index in [0.717, 1.165) is 56.2 Å². The van der Waals surface area contributed by atoms with Crippen LogP contribution in [0.1, 0.15) is 50.0 Å². The molecule has 0 atom stereocenters. The molecule has 1 aliphatic rings. The van der Waals surface area contributed by atoms with E-state index in [1.165, 1.54) is 6.07 Å². The van der Waals surface area contributed by atoms with Crippen molar-refractivity contribution < 1.29 is 22.3 Å². The minimum Gasteiger partial charge on any atom is -0.457 e. The van der Waals surface area contributed by atoms with Gasteiger partial charge in [-0.15, -0.1) is 6.58 Å². The van der Waals surface area contributed by atoms with Gasteiger partial charge in [0.05, 0.1) is 0 Å². The van der Waals surface area contributed by atoms with Crippen LogP contribution >= 0.6 is 0 Å². The van der Waals surface area contributed by atoms with Crippen molar-refractivity contribution in [2.75, 3.05) is 6.86 Å². The molecule has 0 unspecified atom stereocenters. The van der Waals surface area contributed by atoms with Crippen LogP contribution in [0.5, 0.6) is 5.75 Å². The summed E-state index contributed by atoms with van der Waals surface area (Å²) in [5, 5.41) is 0. The van der Waals surface area contributed by atoms with Crippen LogP contribution in [0.3, 0.4) is 0 Å². The molecule has 1 saturated carbocycles. The van der Waals surface area contributed by atoms with Gasteiger partial charge in [0.15, 0.2) is 17.4 Å². The molecule has 3 rings (SSSR count). The number of benzene rings is 2. The third-order valence-electron chi connectivity index (χ3n) is 5.60. The lowest BCUT2D eigenvalue weighted by molar-refractivity contribution is 0.176. The molecule has 1 fully saturated rings. The number of hydrogen-bond donors (Lipinski definition) is 0. The second-order valence-corrected chi connectivity index (χ2v) is 7.35. The van der Waals surface area contributed by atoms with Gasteiger partial charge in [-0.2, -0.15) is 0 Å². The molecule has 1 nitrogen and oxygen atoms in total. The molecule has 0 spiro atoms. The lowest BCUT2D eigenvalue weighted by Gasteiger charge is -2.28. The Morgan fingerprint density at radius 1 is 0.964 bits per heavy atom. The van der Waals surface area contributed by atoms with Gasteiger partial charge < -0.3 is 4.74 Å². The highest BCUT2D eigenvalue weighted by molar-refractivity contribution is 5.66. The zero-order chi connectivity index (χ0) is 20.1. The summed E-state index contributed by atoms with van der Waals surface area (Å²) in [5.41, 5.74) is 1.08. The summed E-state index contributed by atoms with van der Waals surface area (Å²) >= 11 is 0. The highest BCUT2D eigenvalue weighted by atomic mass is 19.1. The van der Waals surface area contributed by atoms with Crippen LogP contribution in [0.25, 0.3) is 11.1 Å². The molecule has 0 aliphatic heterocycles. The van der Waals surface area contributed by atoms with Gasteiger partial charge in [-0.3, -0.25) is 0 Å². The van der Waals surface area contributed by atoms with E-state index in [9.17, 15) is 17.6 Å². The van der Waals surface area contributed by atoms with Gasteiger partial charge in [-0.1, -0.05) is 18.2 Å². The number of hydrogen-bond acceptors (Lipinski definition) is 1. The largest absolute Gasteiger partial charge is 0.457 e. The molecular weight excluding hydrogens is 368 g/mol. The van der Waals surface area contributed by atoms with E-state index in [2.05, 4.69) is 11.3 Å². The molecule has 1 aliphatic carbocycles. The van der Waals surface area contributed by atoms with Crippen molar-refractivity contribution in [3.05, 3.63) is 66.0 Å². The van der Waals surface area contributed by atoms with Crippen LogP contribution in [0.4, 0.5) is 17.6 Å². The Balaban J connectivity index is 1.76. The Morgan fingerprint density at radius 2 is 1.64 bits per heavy atom. The average molecular weight is 392 g/mol. The van der Waals surface area contributed by atoms with Gasteiger partial charge in [0.2, 0.25) is 6.86 Å². The van der Waals surface area contributed by atoms with Crippen LogP contribution in [0, 0.1) is 23.4 Å². The first-order valence-corrected chi connectivity index (χ1v) is 9.62.